The van der Waals surface area contributed by atoms with Crippen molar-refractivity contribution < 1.29 is 27.8 Å². The summed E-state index contributed by atoms with van der Waals surface area (Å²) >= 11 is 0. The summed E-state index contributed by atoms with van der Waals surface area (Å²) in [6.07, 6.45) is -0.633. The van der Waals surface area contributed by atoms with Crippen LogP contribution in [0.15, 0.2) is 78.9 Å². The molecular weight excluding hydrogens is 538 g/mol. The lowest BCUT2D eigenvalue weighted by atomic mass is 9.88. The van der Waals surface area contributed by atoms with Crippen molar-refractivity contribution in [1.29, 1.82) is 0 Å². The average molecular weight is 571 g/mol. The Bertz CT molecular complexity index is 1640. The molecule has 4 aromatic carbocycles. The van der Waals surface area contributed by atoms with Crippen LogP contribution < -0.4 is 20.1 Å². The van der Waals surface area contributed by atoms with Gasteiger partial charge in [0.1, 0.15) is 23.6 Å². The van der Waals surface area contributed by atoms with Crippen LogP contribution in [0, 0.1) is 17.6 Å². The molecule has 5 rings (SSSR count). The first-order valence-corrected chi connectivity index (χ1v) is 13.7. The smallest absolute Gasteiger partial charge is 0.251 e. The summed E-state index contributed by atoms with van der Waals surface area (Å²) < 4.78 is 40.3. The lowest BCUT2D eigenvalue weighted by Crippen LogP contribution is -2.28. The van der Waals surface area contributed by atoms with Gasteiger partial charge in [0.05, 0.1) is 7.11 Å². The Kier molecular flexibility index (Phi) is 8.24. The van der Waals surface area contributed by atoms with E-state index in [9.17, 15) is 14.0 Å². The Morgan fingerprint density at radius 2 is 1.64 bits per heavy atom. The number of likely N-dealkylation sites (N-methyl/N-ethyl adjacent to an activating group) is 1. The minimum absolute atomic E-state index is 0.0830. The van der Waals surface area contributed by atoms with E-state index in [0.29, 0.717) is 40.1 Å². The third kappa shape index (κ3) is 5.57. The molecule has 1 aliphatic heterocycles. The summed E-state index contributed by atoms with van der Waals surface area (Å²) in [6.45, 7) is 4.44. The number of carbonyl (C=O) groups excluding carboxylic acids is 2. The maximum Gasteiger partial charge on any atom is 0.251 e. The molecular formula is C34H32F2N2O4. The molecule has 1 aliphatic rings. The van der Waals surface area contributed by atoms with Crippen molar-refractivity contribution in [2.45, 2.75) is 25.9 Å². The number of methoxy groups -OCH3 is 1. The fourth-order valence-corrected chi connectivity index (χ4v) is 5.21. The van der Waals surface area contributed by atoms with Crippen LogP contribution in [-0.2, 0) is 4.79 Å². The predicted octanol–water partition coefficient (Wildman–Crippen LogP) is 6.66. The molecule has 0 aromatic heterocycles. The monoisotopic (exact) mass is 570 g/mol. The van der Waals surface area contributed by atoms with Crippen molar-refractivity contribution in [3.8, 4) is 33.8 Å². The van der Waals surface area contributed by atoms with Gasteiger partial charge in [-0.15, -0.1) is 0 Å². The second-order valence-corrected chi connectivity index (χ2v) is 10.6. The second-order valence-electron chi connectivity index (χ2n) is 10.6. The number of carbonyl (C=O) groups is 2. The van der Waals surface area contributed by atoms with Gasteiger partial charge < -0.3 is 20.1 Å². The van der Waals surface area contributed by atoms with Crippen LogP contribution in [-0.4, -0.2) is 32.5 Å². The molecule has 0 spiro atoms. The van der Waals surface area contributed by atoms with E-state index in [-0.39, 0.29) is 34.9 Å². The highest BCUT2D eigenvalue weighted by atomic mass is 19.1. The summed E-state index contributed by atoms with van der Waals surface area (Å²) in [7, 11) is 2.95. The van der Waals surface area contributed by atoms with E-state index < -0.39 is 17.8 Å². The number of rotatable bonds is 8. The van der Waals surface area contributed by atoms with Crippen LogP contribution in [0.4, 0.5) is 8.78 Å². The molecule has 0 saturated heterocycles. The van der Waals surface area contributed by atoms with E-state index in [1.165, 1.54) is 25.3 Å². The predicted molar refractivity (Wildman–Crippen MR) is 158 cm³/mol. The highest BCUT2D eigenvalue weighted by Gasteiger charge is 2.40. The van der Waals surface area contributed by atoms with E-state index in [0.717, 1.165) is 5.56 Å². The van der Waals surface area contributed by atoms with Gasteiger partial charge in [0.15, 0.2) is 11.6 Å². The molecule has 8 heteroatoms. The maximum atomic E-state index is 15.3. The van der Waals surface area contributed by atoms with Crippen molar-refractivity contribution in [2.75, 3.05) is 20.7 Å². The number of hydrogen-bond acceptors (Lipinski definition) is 4. The molecule has 1 heterocycles. The molecule has 42 heavy (non-hydrogen) atoms. The van der Waals surface area contributed by atoms with E-state index in [1.807, 2.05) is 32.0 Å². The quantitative estimate of drug-likeness (QED) is 0.249. The molecule has 0 radical (unpaired) electrons. The first kappa shape index (κ1) is 28.8. The van der Waals surface area contributed by atoms with Gasteiger partial charge in [0.25, 0.3) is 5.91 Å². The van der Waals surface area contributed by atoms with Crippen molar-refractivity contribution >= 4 is 11.8 Å². The fraction of sp³-hybridized carbons (Fsp3) is 0.235. The van der Waals surface area contributed by atoms with Gasteiger partial charge in [-0.2, -0.15) is 0 Å². The zero-order chi connectivity index (χ0) is 30.0. The molecule has 2 unspecified atom stereocenters. The van der Waals surface area contributed by atoms with Gasteiger partial charge in [-0.1, -0.05) is 56.3 Å². The number of halogens is 2. The van der Waals surface area contributed by atoms with E-state index in [2.05, 4.69) is 10.6 Å². The number of nitrogens with one attached hydrogen (secondary N) is 2. The SMILES string of the molecule is CNC(=O)C1c2cc(-c3ccc(-c4cccc(OC)c4F)c(C(=O)NCC(C)C)c3)ccc2OC1c1ccc(F)cc1. The summed E-state index contributed by atoms with van der Waals surface area (Å²) in [4.78, 5) is 26.5. The van der Waals surface area contributed by atoms with Crippen molar-refractivity contribution in [3.05, 3.63) is 107 Å². The Hall–Kier alpha value is -4.72. The summed E-state index contributed by atoms with van der Waals surface area (Å²) in [5.41, 5.74) is 3.80. The fourth-order valence-electron chi connectivity index (χ4n) is 5.21. The van der Waals surface area contributed by atoms with Crippen molar-refractivity contribution in [2.24, 2.45) is 5.92 Å². The number of fused-ring (bicyclic) bond motifs is 1. The van der Waals surface area contributed by atoms with E-state index in [4.69, 9.17) is 9.47 Å². The van der Waals surface area contributed by atoms with Gasteiger partial charge in [0, 0.05) is 30.3 Å². The maximum absolute atomic E-state index is 15.3. The minimum Gasteiger partial charge on any atom is -0.494 e. The standard InChI is InChI=1S/C34H32F2N2O4/c1-19(2)18-38-33(39)26-16-21(10-14-24(26)25-6-5-7-29(41-4)31(25)36)22-11-15-28-27(17-22)30(34(40)37-3)32(42-28)20-8-12-23(35)13-9-20/h5-17,19,30,32H,18H2,1-4H3,(H,37,40)(H,38,39). The van der Waals surface area contributed by atoms with Crippen LogP contribution >= 0.6 is 0 Å². The van der Waals surface area contributed by atoms with Crippen molar-refractivity contribution in [1.82, 2.24) is 10.6 Å². The Labute approximate surface area is 243 Å². The second kappa shape index (κ2) is 12.0. The summed E-state index contributed by atoms with van der Waals surface area (Å²) in [5.74, 6) is -1.31. The normalized spacial score (nSPS) is 15.6. The van der Waals surface area contributed by atoms with Crippen LogP contribution in [0.1, 0.15) is 47.4 Å². The third-order valence-corrected chi connectivity index (χ3v) is 7.37. The number of hydrogen-bond donors (Lipinski definition) is 2. The highest BCUT2D eigenvalue weighted by molar-refractivity contribution is 6.02. The first-order valence-electron chi connectivity index (χ1n) is 13.7. The van der Waals surface area contributed by atoms with Gasteiger partial charge in [-0.25, -0.2) is 8.78 Å². The van der Waals surface area contributed by atoms with Crippen molar-refractivity contribution in [3.63, 3.8) is 0 Å². The van der Waals surface area contributed by atoms with Crippen LogP contribution in [0.2, 0.25) is 0 Å². The highest BCUT2D eigenvalue weighted by Crippen LogP contribution is 2.47. The molecule has 6 nitrogen and oxygen atoms in total. The zero-order valence-corrected chi connectivity index (χ0v) is 23.8. The first-order chi connectivity index (χ1) is 20.2. The number of benzene rings is 4. The van der Waals surface area contributed by atoms with Crippen LogP contribution in [0.25, 0.3) is 22.3 Å². The van der Waals surface area contributed by atoms with Crippen LogP contribution in [0.3, 0.4) is 0 Å². The molecule has 216 valence electrons. The van der Waals surface area contributed by atoms with Gasteiger partial charge in [0.2, 0.25) is 5.91 Å². The van der Waals surface area contributed by atoms with Gasteiger partial charge in [-0.05, 0) is 64.6 Å². The summed E-state index contributed by atoms with van der Waals surface area (Å²) in [6, 6.07) is 21.5. The Morgan fingerprint density at radius 3 is 2.33 bits per heavy atom. The molecule has 0 aliphatic carbocycles. The molecule has 2 N–H and O–H groups in total. The largest absolute Gasteiger partial charge is 0.494 e. The number of amides is 2. The molecule has 0 fully saturated rings. The molecule has 2 amide bonds. The van der Waals surface area contributed by atoms with E-state index in [1.54, 1.807) is 49.5 Å². The Morgan fingerprint density at radius 1 is 0.929 bits per heavy atom. The van der Waals surface area contributed by atoms with Gasteiger partial charge >= 0.3 is 0 Å². The third-order valence-electron chi connectivity index (χ3n) is 7.37. The topological polar surface area (TPSA) is 76.7 Å². The zero-order valence-electron chi connectivity index (χ0n) is 23.8. The summed E-state index contributed by atoms with van der Waals surface area (Å²) in [5, 5.41) is 5.66. The Balaban J connectivity index is 1.59. The molecule has 2 atom stereocenters. The average Bonchev–Trinajstić information content (AvgIpc) is 3.38. The molecule has 4 aromatic rings. The lowest BCUT2D eigenvalue weighted by molar-refractivity contribution is -0.123. The minimum atomic E-state index is -0.672. The molecule has 0 saturated carbocycles. The van der Waals surface area contributed by atoms with Gasteiger partial charge in [-0.3, -0.25) is 9.59 Å². The number of ether oxygens (including phenoxy) is 2. The molecule has 0 bridgehead atoms. The van der Waals surface area contributed by atoms with E-state index >= 15 is 4.39 Å². The lowest BCUT2D eigenvalue weighted by Gasteiger charge is -2.18. The van der Waals surface area contributed by atoms with Crippen LogP contribution in [0.5, 0.6) is 11.5 Å².